The zero-order valence-electron chi connectivity index (χ0n) is 18.2. The molecule has 1 unspecified atom stereocenters. The third kappa shape index (κ3) is 4.20. The maximum Gasteiger partial charge on any atom is 0.326 e. The van der Waals surface area contributed by atoms with Gasteiger partial charge in [-0.2, -0.15) is 0 Å². The number of carboxylic acids is 1. The van der Waals surface area contributed by atoms with Crippen LogP contribution in [0.4, 0.5) is 0 Å². The first kappa shape index (κ1) is 21.9. The minimum atomic E-state index is -0.974. The van der Waals surface area contributed by atoms with Gasteiger partial charge >= 0.3 is 5.97 Å². The molecule has 1 saturated heterocycles. The highest BCUT2D eigenvalue weighted by Crippen LogP contribution is 2.64. The Morgan fingerprint density at radius 3 is 2.47 bits per heavy atom. The van der Waals surface area contributed by atoms with Gasteiger partial charge in [-0.15, -0.1) is 0 Å². The van der Waals surface area contributed by atoms with Gasteiger partial charge in [-0.1, -0.05) is 52.8 Å². The second kappa shape index (κ2) is 8.13. The van der Waals surface area contributed by atoms with E-state index in [1.54, 1.807) is 6.07 Å². The number of carboxylic acid groups (broad SMARTS) is 1. The van der Waals surface area contributed by atoms with Crippen molar-refractivity contribution in [2.24, 2.45) is 23.2 Å². The highest BCUT2D eigenvalue weighted by molar-refractivity contribution is 5.99. The number of nitrogens with zero attached hydrogens (tertiary/aromatic N) is 1. The number of aromatic amines is 1. The van der Waals surface area contributed by atoms with Crippen molar-refractivity contribution in [2.45, 2.75) is 40.7 Å². The fourth-order valence-corrected chi connectivity index (χ4v) is 4.37. The van der Waals surface area contributed by atoms with Gasteiger partial charge < -0.3 is 20.3 Å². The van der Waals surface area contributed by atoms with Crippen molar-refractivity contribution in [3.05, 3.63) is 36.0 Å². The average Bonchev–Trinajstić information content (AvgIpc) is 3.06. The fraction of sp³-hybridized carbons (Fsp3) is 0.522. The number of hydrogen-bond acceptors (Lipinski definition) is 3. The molecule has 1 aliphatic heterocycles. The molecule has 2 aromatic rings. The first-order valence-corrected chi connectivity index (χ1v) is 10.4. The van der Waals surface area contributed by atoms with Crippen LogP contribution < -0.4 is 5.32 Å². The Morgan fingerprint density at radius 1 is 1.23 bits per heavy atom. The SMILES string of the molecule is CC(C)C.CC1(C)C2[C@@H](C(=O)O)N(C(=O)CNC(=O)c3cc4ccccc4[nH]3)C[C@@H]21. The molecule has 2 heterocycles. The number of para-hydroxylation sites is 1. The Hall–Kier alpha value is -2.83. The molecule has 1 aromatic heterocycles. The second-order valence-corrected chi connectivity index (χ2v) is 9.47. The fourth-order valence-electron chi connectivity index (χ4n) is 4.37. The number of carbonyl (C=O) groups is 3. The summed E-state index contributed by atoms with van der Waals surface area (Å²) in [6.07, 6.45) is 0. The molecule has 30 heavy (non-hydrogen) atoms. The minimum Gasteiger partial charge on any atom is -0.480 e. The number of hydrogen-bond donors (Lipinski definition) is 3. The molecule has 3 N–H and O–H groups in total. The van der Waals surface area contributed by atoms with E-state index in [4.69, 9.17) is 0 Å². The smallest absolute Gasteiger partial charge is 0.326 e. The van der Waals surface area contributed by atoms with E-state index in [1.807, 2.05) is 38.1 Å². The van der Waals surface area contributed by atoms with E-state index < -0.39 is 12.0 Å². The van der Waals surface area contributed by atoms with Gasteiger partial charge in [0.1, 0.15) is 11.7 Å². The molecule has 7 nitrogen and oxygen atoms in total. The van der Waals surface area contributed by atoms with Gasteiger partial charge in [-0.25, -0.2) is 4.79 Å². The van der Waals surface area contributed by atoms with Crippen molar-refractivity contribution in [3.63, 3.8) is 0 Å². The Bertz CT molecular complexity index is 927. The summed E-state index contributed by atoms with van der Waals surface area (Å²) in [7, 11) is 0. The van der Waals surface area contributed by atoms with Crippen LogP contribution in [0.1, 0.15) is 45.1 Å². The number of amides is 2. The van der Waals surface area contributed by atoms with Gasteiger partial charge in [-0.05, 0) is 29.4 Å². The van der Waals surface area contributed by atoms with Crippen LogP contribution in [0.25, 0.3) is 10.9 Å². The Kier molecular flexibility index (Phi) is 5.92. The number of aromatic nitrogens is 1. The molecule has 1 saturated carbocycles. The predicted octanol–water partition coefficient (Wildman–Crippen LogP) is 3.13. The maximum atomic E-state index is 12.5. The van der Waals surface area contributed by atoms with Gasteiger partial charge in [0, 0.05) is 23.4 Å². The summed E-state index contributed by atoms with van der Waals surface area (Å²) >= 11 is 0. The van der Waals surface area contributed by atoms with Crippen molar-refractivity contribution in [1.29, 1.82) is 0 Å². The number of fused-ring (bicyclic) bond motifs is 2. The van der Waals surface area contributed by atoms with Crippen LogP contribution in [0, 0.1) is 23.2 Å². The Labute approximate surface area is 176 Å². The molecule has 7 heteroatoms. The minimum absolute atomic E-state index is 0.00615. The van der Waals surface area contributed by atoms with Crippen molar-refractivity contribution < 1.29 is 19.5 Å². The first-order valence-electron chi connectivity index (χ1n) is 10.4. The number of H-pyrrole nitrogens is 1. The number of nitrogens with one attached hydrogen (secondary N) is 2. The van der Waals surface area contributed by atoms with Crippen LogP contribution in [-0.4, -0.2) is 51.9 Å². The van der Waals surface area contributed by atoms with E-state index in [2.05, 4.69) is 31.1 Å². The van der Waals surface area contributed by atoms with Gasteiger partial charge in [0.25, 0.3) is 5.91 Å². The van der Waals surface area contributed by atoms with Crippen LogP contribution >= 0.6 is 0 Å². The molecule has 2 fully saturated rings. The number of carbonyl (C=O) groups excluding carboxylic acids is 2. The normalized spacial score (nSPS) is 23.5. The molecule has 0 radical (unpaired) electrons. The van der Waals surface area contributed by atoms with E-state index in [1.165, 1.54) is 4.90 Å². The van der Waals surface area contributed by atoms with E-state index in [0.29, 0.717) is 12.2 Å². The molecule has 1 aromatic carbocycles. The number of piperidine rings is 1. The van der Waals surface area contributed by atoms with Crippen LogP contribution in [0.3, 0.4) is 0 Å². The Balaban J connectivity index is 0.000000589. The molecule has 1 aliphatic carbocycles. The summed E-state index contributed by atoms with van der Waals surface area (Å²) in [4.78, 5) is 40.8. The van der Waals surface area contributed by atoms with Crippen molar-refractivity contribution in [1.82, 2.24) is 15.2 Å². The van der Waals surface area contributed by atoms with Gasteiger partial charge in [0.05, 0.1) is 6.54 Å². The molecule has 0 bridgehead atoms. The lowest BCUT2D eigenvalue weighted by atomic mass is 10.0. The number of aliphatic carboxylic acids is 1. The van der Waals surface area contributed by atoms with Crippen LogP contribution in [0.15, 0.2) is 30.3 Å². The quantitative estimate of drug-likeness (QED) is 0.716. The van der Waals surface area contributed by atoms with E-state index in [0.717, 1.165) is 16.8 Å². The molecule has 2 amide bonds. The molecular weight excluding hydrogens is 382 g/mol. The summed E-state index contributed by atoms with van der Waals surface area (Å²) in [5.41, 5.74) is 1.18. The topological polar surface area (TPSA) is 102 Å². The van der Waals surface area contributed by atoms with Gasteiger partial charge in [0.15, 0.2) is 0 Å². The lowest BCUT2D eigenvalue weighted by Gasteiger charge is -2.28. The highest BCUT2D eigenvalue weighted by Gasteiger charge is 2.69. The number of benzene rings is 1. The third-order valence-corrected chi connectivity index (χ3v) is 5.96. The van der Waals surface area contributed by atoms with Crippen molar-refractivity contribution in [3.8, 4) is 0 Å². The standard InChI is InChI=1S/C19H21N3O4.C4H10/c1-19(2)11-9-22(16(15(11)19)18(25)26)14(23)8-20-17(24)13-7-10-5-3-4-6-12(10)21-13;1-4(2)3/h3-7,11,15-16,21H,8-9H2,1-2H3,(H,20,24)(H,25,26);4H,1-3H3/t11-,15?,16-;/m0./s1. The lowest BCUT2D eigenvalue weighted by Crippen LogP contribution is -2.49. The monoisotopic (exact) mass is 413 g/mol. The van der Waals surface area contributed by atoms with Crippen LogP contribution in [0.2, 0.25) is 0 Å². The summed E-state index contributed by atoms with van der Waals surface area (Å²) in [5.74, 6) is -0.667. The number of likely N-dealkylation sites (tertiary alicyclic amines) is 1. The molecular formula is C23H31N3O4. The van der Waals surface area contributed by atoms with Crippen LogP contribution in [0.5, 0.6) is 0 Å². The molecule has 4 rings (SSSR count). The Morgan fingerprint density at radius 2 is 1.87 bits per heavy atom. The molecule has 162 valence electrons. The zero-order chi connectivity index (χ0) is 22.2. The maximum absolute atomic E-state index is 12.5. The molecule has 3 atom stereocenters. The predicted molar refractivity (Wildman–Crippen MR) is 115 cm³/mol. The molecule has 2 aliphatic rings. The van der Waals surface area contributed by atoms with Crippen molar-refractivity contribution in [2.75, 3.05) is 13.1 Å². The van der Waals surface area contributed by atoms with Crippen LogP contribution in [-0.2, 0) is 9.59 Å². The third-order valence-electron chi connectivity index (χ3n) is 5.96. The lowest BCUT2D eigenvalue weighted by molar-refractivity contribution is -0.149. The largest absolute Gasteiger partial charge is 0.480 e. The first-order chi connectivity index (χ1) is 14.0. The number of rotatable bonds is 4. The van der Waals surface area contributed by atoms with E-state index in [9.17, 15) is 19.5 Å². The average molecular weight is 414 g/mol. The van der Waals surface area contributed by atoms with E-state index >= 15 is 0 Å². The summed E-state index contributed by atoms with van der Waals surface area (Å²) < 4.78 is 0. The van der Waals surface area contributed by atoms with Gasteiger partial charge in [-0.3, -0.25) is 9.59 Å². The summed E-state index contributed by atoms with van der Waals surface area (Å²) in [6, 6.07) is 8.44. The van der Waals surface area contributed by atoms with Gasteiger partial charge in [0.2, 0.25) is 5.91 Å². The summed E-state index contributed by atoms with van der Waals surface area (Å²) in [5, 5.41) is 13.0. The zero-order valence-corrected chi connectivity index (χ0v) is 18.2. The van der Waals surface area contributed by atoms with E-state index in [-0.39, 0.29) is 35.6 Å². The van der Waals surface area contributed by atoms with Crippen molar-refractivity contribution >= 4 is 28.7 Å². The highest BCUT2D eigenvalue weighted by atomic mass is 16.4. The summed E-state index contributed by atoms with van der Waals surface area (Å²) in [6.45, 7) is 10.8. The molecule has 0 spiro atoms. The second-order valence-electron chi connectivity index (χ2n) is 9.47.